The third-order valence-corrected chi connectivity index (χ3v) is 7.88. The maximum Gasteiger partial charge on any atom is 0.136 e. The van der Waals surface area contributed by atoms with Crippen molar-refractivity contribution < 1.29 is 25.0 Å². The highest BCUT2D eigenvalue weighted by Gasteiger charge is 2.16. The first kappa shape index (κ1) is 14.7. The van der Waals surface area contributed by atoms with Gasteiger partial charge < -0.3 is 4.42 Å². The molecule has 0 amide bonds. The van der Waals surface area contributed by atoms with Gasteiger partial charge >= 0.3 is 0 Å². The van der Waals surface area contributed by atoms with Crippen LogP contribution < -0.4 is 0 Å². The quantitative estimate of drug-likeness (QED) is 0.187. The zero-order valence-corrected chi connectivity index (χ0v) is 23.4. The van der Waals surface area contributed by atoms with Crippen molar-refractivity contribution in [2.24, 2.45) is 0 Å². The van der Waals surface area contributed by atoms with Crippen LogP contribution in [0.4, 0.5) is 0 Å². The van der Waals surface area contributed by atoms with Crippen LogP contribution in [0.1, 0.15) is 20.6 Å². The second-order valence-corrected chi connectivity index (χ2v) is 10.5. The molecule has 0 bridgehead atoms. The van der Waals surface area contributed by atoms with E-state index in [1.165, 1.54) is 0 Å². The van der Waals surface area contributed by atoms with Crippen LogP contribution in [0.3, 0.4) is 0 Å². The molecule has 0 aliphatic carbocycles. The Bertz CT molecular complexity index is 3260. The van der Waals surface area contributed by atoms with E-state index in [1.54, 1.807) is 0 Å². The summed E-state index contributed by atoms with van der Waals surface area (Å²) in [5, 5.41) is 2.42. The number of rotatable bonds is 4. The van der Waals surface area contributed by atoms with E-state index >= 15 is 0 Å². The van der Waals surface area contributed by atoms with Gasteiger partial charge in [0.2, 0.25) is 0 Å². The van der Waals surface area contributed by atoms with Crippen molar-refractivity contribution in [2.75, 3.05) is 0 Å². The largest absolute Gasteiger partial charge is 0.456 e. The minimum atomic E-state index is -0.720. The first-order valence-electron chi connectivity index (χ1n) is 21.7. The molecule has 0 fully saturated rings. The molecule has 8 aromatic carbocycles. The minimum Gasteiger partial charge on any atom is -0.456 e. The summed E-state index contributed by atoms with van der Waals surface area (Å²) in [7, 11) is 0. The van der Waals surface area contributed by atoms with E-state index in [4.69, 9.17) is 18.1 Å². The molecule has 0 aliphatic heterocycles. The van der Waals surface area contributed by atoms with Gasteiger partial charge in [0.05, 0.1) is 20.6 Å². The van der Waals surface area contributed by atoms with Crippen LogP contribution in [-0.4, -0.2) is 0 Å². The van der Waals surface area contributed by atoms with E-state index in [1.807, 2.05) is 78.9 Å². The van der Waals surface area contributed by atoms with Gasteiger partial charge in [0, 0.05) is 10.8 Å². The number of fused-ring (bicyclic) bond motifs is 5. The first-order chi connectivity index (χ1) is 28.6. The molecule has 0 spiro atoms. The summed E-state index contributed by atoms with van der Waals surface area (Å²) in [6.45, 7) is 0. The number of hydrogen-bond acceptors (Lipinski definition) is 1. The monoisotopic (exact) mass is 587 g/mol. The van der Waals surface area contributed by atoms with Gasteiger partial charge in [0.1, 0.15) is 11.2 Å². The van der Waals surface area contributed by atoms with Gasteiger partial charge in [-0.2, -0.15) is 0 Å². The van der Waals surface area contributed by atoms with Crippen LogP contribution in [0.2, 0.25) is 0 Å². The lowest BCUT2D eigenvalue weighted by Gasteiger charge is -2.18. The number of furan rings is 1. The van der Waals surface area contributed by atoms with Crippen molar-refractivity contribution in [3.8, 4) is 44.5 Å². The Balaban J connectivity index is 1.33. The Hall–Kier alpha value is -5.92. The predicted octanol–water partition coefficient (Wildman–Crippen LogP) is 12.6. The molecule has 1 nitrogen and oxygen atoms in total. The van der Waals surface area contributed by atoms with E-state index in [-0.39, 0.29) is 16.3 Å². The van der Waals surface area contributed by atoms with Crippen LogP contribution in [0.15, 0.2) is 174 Å². The van der Waals surface area contributed by atoms with Gasteiger partial charge in [-0.15, -0.1) is 0 Å². The van der Waals surface area contributed by atoms with Crippen LogP contribution in [0.25, 0.3) is 88.0 Å². The third-order valence-electron chi connectivity index (χ3n) is 7.88. The Morgan fingerprint density at radius 2 is 0.756 bits per heavy atom. The van der Waals surface area contributed by atoms with Crippen molar-refractivity contribution in [1.82, 2.24) is 0 Å². The van der Waals surface area contributed by atoms with Gasteiger partial charge in [-0.1, -0.05) is 145 Å². The third kappa shape index (κ3) is 4.24. The van der Waals surface area contributed by atoms with E-state index < -0.39 is 124 Å². The predicted molar refractivity (Wildman–Crippen MR) is 190 cm³/mol. The summed E-state index contributed by atoms with van der Waals surface area (Å²) >= 11 is 0. The maximum absolute atomic E-state index is 9.41. The van der Waals surface area contributed by atoms with Gasteiger partial charge in [-0.3, -0.25) is 0 Å². The number of hydrogen-bond donors (Lipinski definition) is 0. The summed E-state index contributed by atoms with van der Waals surface area (Å²) in [6, 6.07) is 15.3. The Labute approximate surface area is 282 Å². The Morgan fingerprint density at radius 1 is 0.333 bits per heavy atom. The standard InChI is InChI=1S/C44H28O/c1-3-11-29(12-4-1)33-23-25-35-36-26-24-34(28-42(36)45-41(35)27-33)30-19-21-32(22-20-30)44-39-17-9-7-15-37(39)43(31-13-5-2-6-14-31)38-16-8-10-18-40(38)44/h1-28H/i1D,3D,4D,11D,12D,19D,20D,21D,22D,23D,24D,25D,26D,27D,28D. The summed E-state index contributed by atoms with van der Waals surface area (Å²) in [6.07, 6.45) is 0. The van der Waals surface area contributed by atoms with E-state index in [9.17, 15) is 6.85 Å². The highest BCUT2D eigenvalue weighted by atomic mass is 16.3. The fourth-order valence-electron chi connectivity index (χ4n) is 5.89. The lowest BCUT2D eigenvalue weighted by Crippen LogP contribution is -1.90. The second kappa shape index (κ2) is 10.4. The first-order valence-corrected chi connectivity index (χ1v) is 14.2. The SMILES string of the molecule is [2H]c1c([2H])c([2H])c(-c2c([2H])c([2H])c3c(oc4c([2H])c(-c5c([2H])c([2H])c(-c6c7ccccc7c(-c7ccccc7)c7ccccc67)c([2H])c5[2H])c([2H])c([2H])c43)c2[2H])c([2H])c1[2H]. The summed E-state index contributed by atoms with van der Waals surface area (Å²) in [4.78, 5) is 0. The van der Waals surface area contributed by atoms with Gasteiger partial charge in [-0.25, -0.2) is 0 Å². The second-order valence-electron chi connectivity index (χ2n) is 10.5. The molecule has 9 aromatic rings. The molecule has 45 heavy (non-hydrogen) atoms. The van der Waals surface area contributed by atoms with Crippen LogP contribution in [0.5, 0.6) is 0 Å². The molecule has 0 atom stereocenters. The van der Waals surface area contributed by atoms with E-state index in [0.29, 0.717) is 16.3 Å². The normalized spacial score (nSPS) is 16.2. The summed E-state index contributed by atoms with van der Waals surface area (Å²) < 4.78 is 139. The van der Waals surface area contributed by atoms with Crippen molar-refractivity contribution in [2.45, 2.75) is 0 Å². The highest BCUT2D eigenvalue weighted by Crippen LogP contribution is 2.44. The molecule has 0 saturated heterocycles. The summed E-state index contributed by atoms with van der Waals surface area (Å²) in [5.41, 5.74) is -0.450. The Morgan fingerprint density at radius 3 is 1.29 bits per heavy atom. The molecule has 1 heterocycles. The molecule has 0 aliphatic rings. The molecule has 210 valence electrons. The number of benzene rings is 8. The van der Waals surface area contributed by atoms with Crippen LogP contribution in [-0.2, 0) is 0 Å². The lowest BCUT2D eigenvalue weighted by atomic mass is 9.86. The molecule has 9 rings (SSSR count). The molecule has 0 saturated carbocycles. The van der Waals surface area contributed by atoms with E-state index in [2.05, 4.69) is 0 Å². The van der Waals surface area contributed by atoms with Crippen molar-refractivity contribution in [1.29, 1.82) is 0 Å². The highest BCUT2D eigenvalue weighted by molar-refractivity contribution is 6.21. The average molecular weight is 588 g/mol. The molecular weight excluding hydrogens is 544 g/mol. The molecular formula is C44H28O. The molecule has 0 N–H and O–H groups in total. The van der Waals surface area contributed by atoms with Crippen LogP contribution in [0, 0.1) is 0 Å². The van der Waals surface area contributed by atoms with Crippen LogP contribution >= 0.6 is 0 Å². The minimum absolute atomic E-state index is 0.00409. The maximum atomic E-state index is 9.41. The zero-order valence-electron chi connectivity index (χ0n) is 38.4. The fraction of sp³-hybridized carbons (Fsp3) is 0. The van der Waals surface area contributed by atoms with Gasteiger partial charge in [-0.05, 0) is 90.2 Å². The van der Waals surface area contributed by atoms with Crippen molar-refractivity contribution in [3.63, 3.8) is 0 Å². The van der Waals surface area contributed by atoms with Crippen molar-refractivity contribution in [3.05, 3.63) is 169 Å². The topological polar surface area (TPSA) is 13.1 Å². The van der Waals surface area contributed by atoms with Crippen molar-refractivity contribution >= 4 is 43.5 Å². The fourth-order valence-corrected chi connectivity index (χ4v) is 5.89. The zero-order chi connectivity index (χ0) is 42.8. The average Bonchev–Trinajstić information content (AvgIpc) is 3.67. The van der Waals surface area contributed by atoms with E-state index in [0.717, 1.165) is 21.9 Å². The van der Waals surface area contributed by atoms with Gasteiger partial charge in [0.25, 0.3) is 0 Å². The summed E-state index contributed by atoms with van der Waals surface area (Å²) in [5.74, 6) is 0. The molecule has 1 heteroatoms. The molecule has 1 aromatic heterocycles. The lowest BCUT2D eigenvalue weighted by molar-refractivity contribution is 0.669. The van der Waals surface area contributed by atoms with Gasteiger partial charge in [0.15, 0.2) is 0 Å². The molecule has 0 radical (unpaired) electrons. The Kier molecular flexibility index (Phi) is 3.39. The smallest absolute Gasteiger partial charge is 0.136 e. The molecule has 0 unspecified atom stereocenters.